The molecule has 0 aromatic heterocycles. The Morgan fingerprint density at radius 1 is 1.44 bits per heavy atom. The van der Waals surface area contributed by atoms with Crippen LogP contribution in [0.25, 0.3) is 0 Å². The summed E-state index contributed by atoms with van der Waals surface area (Å²) in [5, 5.41) is 3.42. The Labute approximate surface area is 100 Å². The van der Waals surface area contributed by atoms with Gasteiger partial charge < -0.3 is 10.2 Å². The third kappa shape index (κ3) is 4.61. The quantitative estimate of drug-likeness (QED) is 0.762. The second-order valence-electron chi connectivity index (χ2n) is 4.17. The Kier molecular flexibility index (Phi) is 5.98. The molecule has 1 aliphatic rings. The molecule has 0 spiro atoms. The highest BCUT2D eigenvalue weighted by Crippen LogP contribution is 2.09. The number of rotatable bonds is 5. The zero-order valence-corrected chi connectivity index (χ0v) is 11.0. The van der Waals surface area contributed by atoms with Crippen LogP contribution in [0.4, 0.5) is 0 Å². The van der Waals surface area contributed by atoms with E-state index in [9.17, 15) is 9.00 Å². The van der Waals surface area contributed by atoms with Crippen molar-refractivity contribution in [2.45, 2.75) is 32.7 Å². The first-order valence-electron chi connectivity index (χ1n) is 5.97. The fourth-order valence-electron chi connectivity index (χ4n) is 1.92. The van der Waals surface area contributed by atoms with Crippen molar-refractivity contribution in [3.63, 3.8) is 0 Å². The van der Waals surface area contributed by atoms with E-state index in [1.807, 2.05) is 11.8 Å². The van der Waals surface area contributed by atoms with Gasteiger partial charge in [0, 0.05) is 54.9 Å². The maximum absolute atomic E-state index is 11.2. The zero-order valence-electron chi connectivity index (χ0n) is 10.2. The summed E-state index contributed by atoms with van der Waals surface area (Å²) in [4.78, 5) is 13.0. The van der Waals surface area contributed by atoms with Gasteiger partial charge in [0.25, 0.3) is 0 Å². The van der Waals surface area contributed by atoms with E-state index in [4.69, 9.17) is 0 Å². The first-order valence-corrected chi connectivity index (χ1v) is 7.46. The topological polar surface area (TPSA) is 49.4 Å². The molecule has 0 radical (unpaired) electrons. The summed E-state index contributed by atoms with van der Waals surface area (Å²) in [7, 11) is -0.673. The van der Waals surface area contributed by atoms with Crippen LogP contribution in [0.1, 0.15) is 26.7 Å². The Morgan fingerprint density at radius 3 is 2.56 bits per heavy atom. The van der Waals surface area contributed by atoms with E-state index in [0.717, 1.165) is 44.0 Å². The number of carbonyl (C=O) groups is 1. The van der Waals surface area contributed by atoms with Gasteiger partial charge >= 0.3 is 0 Å². The number of likely N-dealkylation sites (tertiary alicyclic amines) is 1. The highest BCUT2D eigenvalue weighted by Gasteiger charge is 2.19. The number of nitrogens with zero attached hydrogens (tertiary/aromatic N) is 1. The summed E-state index contributed by atoms with van der Waals surface area (Å²) in [6, 6.07) is 0.490. The van der Waals surface area contributed by atoms with Crippen molar-refractivity contribution in [1.29, 1.82) is 0 Å². The molecule has 1 atom stereocenters. The minimum absolute atomic E-state index is 0.172. The van der Waals surface area contributed by atoms with Gasteiger partial charge in [0.15, 0.2) is 0 Å². The average Bonchev–Trinajstić information content (AvgIpc) is 2.29. The summed E-state index contributed by atoms with van der Waals surface area (Å²) >= 11 is 0. The third-order valence-electron chi connectivity index (χ3n) is 3.03. The first-order chi connectivity index (χ1) is 7.63. The van der Waals surface area contributed by atoms with Crippen LogP contribution in [-0.2, 0) is 15.6 Å². The molecule has 1 aliphatic heterocycles. The van der Waals surface area contributed by atoms with Crippen LogP contribution in [-0.4, -0.2) is 52.2 Å². The summed E-state index contributed by atoms with van der Waals surface area (Å²) in [6.45, 7) is 6.10. The van der Waals surface area contributed by atoms with E-state index in [1.165, 1.54) is 0 Å². The minimum atomic E-state index is -0.673. The second kappa shape index (κ2) is 7.01. The Balaban J connectivity index is 2.13. The van der Waals surface area contributed by atoms with Crippen LogP contribution < -0.4 is 5.32 Å². The van der Waals surface area contributed by atoms with Gasteiger partial charge in [-0.1, -0.05) is 6.92 Å². The molecule has 0 saturated carbocycles. The minimum Gasteiger partial charge on any atom is -0.343 e. The van der Waals surface area contributed by atoms with Crippen LogP contribution in [0.15, 0.2) is 0 Å². The van der Waals surface area contributed by atoms with Crippen LogP contribution >= 0.6 is 0 Å². The fraction of sp³-hybridized carbons (Fsp3) is 0.909. The monoisotopic (exact) mass is 246 g/mol. The van der Waals surface area contributed by atoms with Crippen LogP contribution in [0, 0.1) is 0 Å². The molecular weight excluding hydrogens is 224 g/mol. The molecule has 1 N–H and O–H groups in total. The molecule has 1 heterocycles. The normalized spacial score (nSPS) is 19.8. The van der Waals surface area contributed by atoms with Crippen molar-refractivity contribution in [2.75, 3.05) is 31.1 Å². The lowest BCUT2D eigenvalue weighted by Crippen LogP contribution is -2.45. The van der Waals surface area contributed by atoms with Crippen molar-refractivity contribution < 1.29 is 9.00 Å². The van der Waals surface area contributed by atoms with Gasteiger partial charge in [-0.3, -0.25) is 9.00 Å². The lowest BCUT2D eigenvalue weighted by molar-refractivity contribution is -0.129. The summed E-state index contributed by atoms with van der Waals surface area (Å²) in [5.74, 6) is 1.65. The molecule has 1 amide bonds. The van der Waals surface area contributed by atoms with Crippen LogP contribution in [0.3, 0.4) is 0 Å². The first kappa shape index (κ1) is 13.6. The van der Waals surface area contributed by atoms with E-state index < -0.39 is 10.8 Å². The molecule has 94 valence electrons. The van der Waals surface area contributed by atoms with Crippen molar-refractivity contribution >= 4 is 16.7 Å². The Hall–Kier alpha value is -0.420. The third-order valence-corrected chi connectivity index (χ3v) is 4.33. The number of piperidine rings is 1. The van der Waals surface area contributed by atoms with Gasteiger partial charge in [-0.25, -0.2) is 0 Å². The van der Waals surface area contributed by atoms with Crippen molar-refractivity contribution in [2.24, 2.45) is 0 Å². The van der Waals surface area contributed by atoms with Crippen LogP contribution in [0.2, 0.25) is 0 Å². The van der Waals surface area contributed by atoms with Gasteiger partial charge in [0.05, 0.1) is 0 Å². The number of carbonyl (C=O) groups excluding carboxylic acids is 1. The maximum Gasteiger partial charge on any atom is 0.219 e. The summed E-state index contributed by atoms with van der Waals surface area (Å²) in [6.07, 6.45) is 2.02. The number of hydrogen-bond acceptors (Lipinski definition) is 3. The van der Waals surface area contributed by atoms with E-state index >= 15 is 0 Å². The average molecular weight is 246 g/mol. The predicted molar refractivity (Wildman–Crippen MR) is 66.8 cm³/mol. The van der Waals surface area contributed by atoms with Gasteiger partial charge in [0.1, 0.15) is 0 Å². The Morgan fingerprint density at radius 2 is 2.06 bits per heavy atom. The van der Waals surface area contributed by atoms with Gasteiger partial charge in [-0.15, -0.1) is 0 Å². The van der Waals surface area contributed by atoms with Crippen molar-refractivity contribution in [3.05, 3.63) is 0 Å². The van der Waals surface area contributed by atoms with Crippen molar-refractivity contribution in [1.82, 2.24) is 10.2 Å². The molecule has 0 aromatic rings. The fourth-order valence-corrected chi connectivity index (χ4v) is 2.55. The second-order valence-corrected chi connectivity index (χ2v) is 6.03. The molecule has 1 saturated heterocycles. The molecule has 1 rings (SSSR count). The lowest BCUT2D eigenvalue weighted by atomic mass is 10.1. The number of nitrogens with one attached hydrogen (secondary N) is 1. The highest BCUT2D eigenvalue weighted by atomic mass is 32.2. The molecule has 0 aromatic carbocycles. The highest BCUT2D eigenvalue weighted by molar-refractivity contribution is 7.84. The van der Waals surface area contributed by atoms with Crippen LogP contribution in [0.5, 0.6) is 0 Å². The number of amides is 1. The molecule has 0 bridgehead atoms. The van der Waals surface area contributed by atoms with Crippen molar-refractivity contribution in [3.8, 4) is 0 Å². The Bertz CT molecular complexity index is 250. The smallest absolute Gasteiger partial charge is 0.219 e. The molecule has 4 nitrogen and oxygen atoms in total. The van der Waals surface area contributed by atoms with E-state index in [0.29, 0.717) is 6.04 Å². The summed E-state index contributed by atoms with van der Waals surface area (Å²) < 4.78 is 11.2. The van der Waals surface area contributed by atoms with Gasteiger partial charge in [0.2, 0.25) is 5.91 Å². The zero-order chi connectivity index (χ0) is 12.0. The van der Waals surface area contributed by atoms with E-state index in [1.54, 1.807) is 6.92 Å². The standard InChI is InChI=1S/C11H22N2O2S/c1-3-16(15)9-6-12-11-4-7-13(8-5-11)10(2)14/h11-12H,3-9H2,1-2H3. The molecule has 1 fully saturated rings. The van der Waals surface area contributed by atoms with Gasteiger partial charge in [-0.2, -0.15) is 0 Å². The molecule has 0 aliphatic carbocycles. The number of hydrogen-bond donors (Lipinski definition) is 1. The van der Waals surface area contributed by atoms with Gasteiger partial charge in [-0.05, 0) is 12.8 Å². The SMILES string of the molecule is CCS(=O)CCNC1CCN(C(C)=O)CC1. The lowest BCUT2D eigenvalue weighted by Gasteiger charge is -2.31. The predicted octanol–water partition coefficient (Wildman–Crippen LogP) is 0.355. The largest absolute Gasteiger partial charge is 0.343 e. The molecule has 1 unspecified atom stereocenters. The maximum atomic E-state index is 11.2. The molecule has 16 heavy (non-hydrogen) atoms. The summed E-state index contributed by atoms with van der Waals surface area (Å²) in [5.41, 5.74) is 0. The molecular formula is C11H22N2O2S. The molecule has 5 heteroatoms. The van der Waals surface area contributed by atoms with E-state index in [-0.39, 0.29) is 5.91 Å². The van der Waals surface area contributed by atoms with E-state index in [2.05, 4.69) is 5.32 Å².